The molecule has 0 spiro atoms. The number of nitrogens with zero attached hydrogens (tertiary/aromatic N) is 1. The van der Waals surface area contributed by atoms with E-state index in [2.05, 4.69) is 58.7 Å². The van der Waals surface area contributed by atoms with Crippen LogP contribution in [0.15, 0.2) is 158 Å². The Morgan fingerprint density at radius 1 is 0.620 bits per heavy atom. The minimum absolute atomic E-state index is 0.127. The van der Waals surface area contributed by atoms with Crippen LogP contribution in [-0.4, -0.2) is 23.0 Å². The fraction of sp³-hybridized carbons (Fsp3) is 0.0909. The second-order valence-electron chi connectivity index (χ2n) is 12.4. The van der Waals surface area contributed by atoms with Gasteiger partial charge >= 0.3 is 5.97 Å². The first-order valence-corrected chi connectivity index (χ1v) is 17.0. The first-order valence-electron chi connectivity index (χ1n) is 16.6. The van der Waals surface area contributed by atoms with E-state index in [4.69, 9.17) is 11.6 Å². The number of benzene rings is 7. The number of hydrogen-bond donors (Lipinski definition) is 2. The number of carboxylic acids is 1. The van der Waals surface area contributed by atoms with Gasteiger partial charge in [-0.3, -0.25) is 4.79 Å². The molecule has 0 saturated carbocycles. The van der Waals surface area contributed by atoms with Gasteiger partial charge in [-0.25, -0.2) is 4.79 Å². The summed E-state index contributed by atoms with van der Waals surface area (Å²) in [7, 11) is 0. The molecule has 0 unspecified atom stereocenters. The van der Waals surface area contributed by atoms with Crippen molar-refractivity contribution in [1.29, 1.82) is 0 Å². The summed E-state index contributed by atoms with van der Waals surface area (Å²) < 4.78 is 0. The Morgan fingerprint density at radius 2 is 1.16 bits per heavy atom. The van der Waals surface area contributed by atoms with E-state index in [0.717, 1.165) is 49.4 Å². The number of hydrogen-bond acceptors (Lipinski definition) is 3. The predicted octanol–water partition coefficient (Wildman–Crippen LogP) is 9.95. The van der Waals surface area contributed by atoms with E-state index < -0.39 is 17.9 Å². The summed E-state index contributed by atoms with van der Waals surface area (Å²) in [5, 5.41) is 17.9. The summed E-state index contributed by atoms with van der Waals surface area (Å²) in [6.45, 7) is 1.01. The Balaban J connectivity index is 1.22. The predicted molar refractivity (Wildman–Crippen MR) is 204 cm³/mol. The molecule has 2 N–H and O–H groups in total. The normalized spacial score (nSPS) is 11.7. The monoisotopic (exact) mass is 674 g/mol. The molecule has 1 atom stereocenters. The van der Waals surface area contributed by atoms with E-state index in [9.17, 15) is 14.7 Å². The third-order valence-corrected chi connectivity index (χ3v) is 9.37. The molecule has 0 fully saturated rings. The van der Waals surface area contributed by atoms with Gasteiger partial charge in [-0.2, -0.15) is 0 Å². The summed E-state index contributed by atoms with van der Waals surface area (Å²) in [5.41, 5.74) is 6.09. The lowest BCUT2D eigenvalue weighted by molar-refractivity contribution is -0.139. The van der Waals surface area contributed by atoms with Gasteiger partial charge in [-0.1, -0.05) is 151 Å². The van der Waals surface area contributed by atoms with Gasteiger partial charge in [0.2, 0.25) is 0 Å². The number of nitrogens with one attached hydrogen (secondary N) is 1. The fourth-order valence-electron chi connectivity index (χ4n) is 6.60. The zero-order valence-corrected chi connectivity index (χ0v) is 28.1. The third kappa shape index (κ3) is 7.24. The number of fused-ring (bicyclic) bond motifs is 2. The quantitative estimate of drug-likeness (QED) is 0.143. The van der Waals surface area contributed by atoms with Gasteiger partial charge in [0.05, 0.1) is 11.3 Å². The van der Waals surface area contributed by atoms with E-state index in [1.807, 2.05) is 97.1 Å². The van der Waals surface area contributed by atoms with Crippen LogP contribution < -0.4 is 10.2 Å². The summed E-state index contributed by atoms with van der Waals surface area (Å²) >= 11 is 6.52. The van der Waals surface area contributed by atoms with Crippen molar-refractivity contribution in [3.8, 4) is 11.1 Å². The lowest BCUT2D eigenvalue weighted by Gasteiger charge is -2.29. The number of carboxylic acid groups (broad SMARTS) is 1. The van der Waals surface area contributed by atoms with Gasteiger partial charge < -0.3 is 15.3 Å². The third-order valence-electron chi connectivity index (χ3n) is 9.13. The Morgan fingerprint density at radius 3 is 1.76 bits per heavy atom. The summed E-state index contributed by atoms with van der Waals surface area (Å²) in [5.74, 6) is -1.62. The minimum Gasteiger partial charge on any atom is -0.480 e. The van der Waals surface area contributed by atoms with Crippen LogP contribution in [0.4, 0.5) is 5.69 Å². The highest BCUT2D eigenvalue weighted by molar-refractivity contribution is 6.31. The van der Waals surface area contributed by atoms with Gasteiger partial charge in [0.15, 0.2) is 0 Å². The van der Waals surface area contributed by atoms with Gasteiger partial charge in [0.25, 0.3) is 5.91 Å². The molecule has 6 heteroatoms. The van der Waals surface area contributed by atoms with Crippen molar-refractivity contribution in [2.75, 3.05) is 4.90 Å². The lowest BCUT2D eigenvalue weighted by Crippen LogP contribution is -2.42. The van der Waals surface area contributed by atoms with Crippen LogP contribution in [-0.2, 0) is 24.3 Å². The van der Waals surface area contributed by atoms with Crippen LogP contribution >= 0.6 is 11.6 Å². The first-order chi connectivity index (χ1) is 24.4. The Labute approximate surface area is 296 Å². The zero-order valence-electron chi connectivity index (χ0n) is 27.3. The smallest absolute Gasteiger partial charge is 0.326 e. The molecule has 0 radical (unpaired) electrons. The molecule has 7 aromatic carbocycles. The maximum absolute atomic E-state index is 14.1. The molecule has 0 bridgehead atoms. The second kappa shape index (κ2) is 14.7. The Bertz CT molecular complexity index is 2210. The number of carbonyl (C=O) groups excluding carboxylic acids is 1. The van der Waals surface area contributed by atoms with Crippen LogP contribution in [0.3, 0.4) is 0 Å². The molecular weight excluding hydrogens is 640 g/mol. The van der Waals surface area contributed by atoms with Crippen LogP contribution in [0.25, 0.3) is 32.7 Å². The summed E-state index contributed by atoms with van der Waals surface area (Å²) in [4.78, 5) is 28.8. The molecule has 0 aliphatic heterocycles. The fourth-order valence-corrected chi connectivity index (χ4v) is 6.77. The number of carbonyl (C=O) groups is 2. The number of rotatable bonds is 11. The lowest BCUT2D eigenvalue weighted by atomic mass is 10.00. The van der Waals surface area contributed by atoms with Gasteiger partial charge in [0, 0.05) is 24.5 Å². The average Bonchev–Trinajstić information content (AvgIpc) is 3.15. The SMILES string of the molecule is O=C(N[C@@H](Cc1ccc(-c2ccccc2)cc1)C(=O)O)c1cc(Cl)ccc1N(Cc1cccc2ccccc12)Cc1cccc2ccccc12. The first kappa shape index (κ1) is 32.6. The average molecular weight is 675 g/mol. The maximum atomic E-state index is 14.1. The molecule has 50 heavy (non-hydrogen) atoms. The molecule has 0 heterocycles. The largest absolute Gasteiger partial charge is 0.480 e. The van der Waals surface area contributed by atoms with Crippen molar-refractivity contribution in [1.82, 2.24) is 5.32 Å². The number of amides is 1. The van der Waals surface area contributed by atoms with Gasteiger partial charge in [0.1, 0.15) is 6.04 Å². The molecule has 0 aliphatic rings. The number of halogens is 1. The molecule has 246 valence electrons. The molecular formula is C44H35ClN2O3. The number of aliphatic carboxylic acids is 1. The molecule has 7 rings (SSSR count). The topological polar surface area (TPSA) is 69.6 Å². The summed E-state index contributed by atoms with van der Waals surface area (Å²) in [6.07, 6.45) is 0.127. The summed E-state index contributed by atoms with van der Waals surface area (Å²) in [6, 6.07) is 50.9. The van der Waals surface area contributed by atoms with Crippen LogP contribution in [0.2, 0.25) is 5.02 Å². The van der Waals surface area contributed by atoms with Crippen LogP contribution in [0.5, 0.6) is 0 Å². The molecule has 5 nitrogen and oxygen atoms in total. The Kier molecular flexibility index (Phi) is 9.59. The van der Waals surface area contributed by atoms with Crippen molar-refractivity contribution < 1.29 is 14.7 Å². The van der Waals surface area contributed by atoms with Crippen molar-refractivity contribution >= 4 is 50.7 Å². The molecule has 1 amide bonds. The molecule has 0 saturated heterocycles. The highest BCUT2D eigenvalue weighted by Gasteiger charge is 2.25. The van der Waals surface area contributed by atoms with Crippen LogP contribution in [0.1, 0.15) is 27.0 Å². The van der Waals surface area contributed by atoms with E-state index >= 15 is 0 Å². The van der Waals surface area contributed by atoms with Crippen molar-refractivity contribution in [3.63, 3.8) is 0 Å². The highest BCUT2D eigenvalue weighted by atomic mass is 35.5. The Hall–Kier alpha value is -5.91. The highest BCUT2D eigenvalue weighted by Crippen LogP contribution is 2.31. The molecule has 0 aromatic heterocycles. The van der Waals surface area contributed by atoms with E-state index in [1.165, 1.54) is 0 Å². The van der Waals surface area contributed by atoms with Crippen molar-refractivity contribution in [2.45, 2.75) is 25.6 Å². The van der Waals surface area contributed by atoms with E-state index in [-0.39, 0.29) is 6.42 Å². The maximum Gasteiger partial charge on any atom is 0.326 e. The minimum atomic E-state index is -1.15. The standard InChI is InChI=1S/C44H35ClN2O3/c45-37-24-25-42(40(27-37)43(48)46-41(44(49)50)26-30-20-22-32(23-21-30)31-10-2-1-3-11-31)47(28-35-16-8-14-33-12-4-6-18-38(33)35)29-36-17-9-15-34-13-5-7-19-39(34)36/h1-25,27,41H,26,28-29H2,(H,46,48)(H,49,50)/t41-/m0/s1. The van der Waals surface area contributed by atoms with Gasteiger partial charge in [-0.05, 0) is 67.6 Å². The second-order valence-corrected chi connectivity index (χ2v) is 12.9. The van der Waals surface area contributed by atoms with Gasteiger partial charge in [-0.15, -0.1) is 0 Å². The van der Waals surface area contributed by atoms with E-state index in [1.54, 1.807) is 12.1 Å². The van der Waals surface area contributed by atoms with E-state index in [0.29, 0.717) is 29.4 Å². The zero-order chi connectivity index (χ0) is 34.5. The van der Waals surface area contributed by atoms with Crippen molar-refractivity contribution in [3.05, 3.63) is 185 Å². The number of anilines is 1. The van der Waals surface area contributed by atoms with Crippen LogP contribution in [0, 0.1) is 0 Å². The molecule has 0 aliphatic carbocycles. The van der Waals surface area contributed by atoms with Crippen molar-refractivity contribution in [2.24, 2.45) is 0 Å². The molecule has 7 aromatic rings.